The van der Waals surface area contributed by atoms with Crippen LogP contribution in [0.1, 0.15) is 6.23 Å². The first-order valence-electron chi connectivity index (χ1n) is 5.42. The van der Waals surface area contributed by atoms with Gasteiger partial charge in [0.15, 0.2) is 12.0 Å². The van der Waals surface area contributed by atoms with Crippen LogP contribution in [0.5, 0.6) is 0 Å². The molecule has 2 heterocycles. The lowest BCUT2D eigenvalue weighted by Crippen LogP contribution is -2.59. The van der Waals surface area contributed by atoms with Crippen molar-refractivity contribution in [2.75, 3.05) is 12.3 Å². The second-order valence-corrected chi connectivity index (χ2v) is 4.17. The molecule has 0 aliphatic carbocycles. The van der Waals surface area contributed by atoms with E-state index < -0.39 is 36.9 Å². The number of nitrogens with two attached hydrogens (primary N) is 1. The van der Waals surface area contributed by atoms with Crippen molar-refractivity contribution in [1.82, 2.24) is 4.57 Å². The van der Waals surface area contributed by atoms with Gasteiger partial charge in [0.25, 0.3) is 0 Å². The molecule has 2 rings (SSSR count). The van der Waals surface area contributed by atoms with Gasteiger partial charge in [0.1, 0.15) is 18.4 Å². The Hall–Kier alpha value is -1.51. The zero-order chi connectivity index (χ0) is 13.4. The highest BCUT2D eigenvalue weighted by atomic mass is 19.1. The molecule has 0 saturated carbocycles. The molecule has 4 N–H and O–H groups in total. The van der Waals surface area contributed by atoms with Crippen LogP contribution < -0.4 is 16.0 Å². The van der Waals surface area contributed by atoms with Crippen LogP contribution in [-0.4, -0.2) is 39.8 Å². The maximum absolute atomic E-state index is 13.8. The maximum Gasteiger partial charge on any atom is 0.501 e. The van der Waals surface area contributed by atoms with Gasteiger partial charge in [0.2, 0.25) is 6.23 Å². The van der Waals surface area contributed by atoms with Crippen LogP contribution in [0.25, 0.3) is 0 Å². The quantitative estimate of drug-likeness (QED) is 0.526. The molecule has 1 aromatic heterocycles. The van der Waals surface area contributed by atoms with E-state index in [0.29, 0.717) is 0 Å². The van der Waals surface area contributed by atoms with Crippen LogP contribution in [0, 0.1) is 0 Å². The number of aliphatic hydroxyl groups is 2. The number of halogens is 1. The standard InChI is InChI=1S/C10H14FN3O4/c1-13-6(12)2-3-14(10(13)17)9-7(11)8(16)5(4-15)18-9/h2-3,5,7-9,12,15-16H,4H2,1H3/p+1/t5-,7+,8?,9-/m1/s1. The molecule has 1 fully saturated rings. The summed E-state index contributed by atoms with van der Waals surface area (Å²) < 4.78 is 21.1. The predicted molar refractivity (Wildman–Crippen MR) is 58.2 cm³/mol. The van der Waals surface area contributed by atoms with Crippen molar-refractivity contribution in [1.29, 1.82) is 0 Å². The topological polar surface area (TPSA) is 102 Å². The summed E-state index contributed by atoms with van der Waals surface area (Å²) >= 11 is 0. The van der Waals surface area contributed by atoms with Crippen LogP contribution in [0.15, 0.2) is 17.1 Å². The second kappa shape index (κ2) is 4.63. The molecule has 8 heteroatoms. The molecule has 0 spiro atoms. The minimum Gasteiger partial charge on any atom is -0.394 e. The van der Waals surface area contributed by atoms with E-state index in [2.05, 4.69) is 0 Å². The van der Waals surface area contributed by atoms with Gasteiger partial charge in [-0.15, -0.1) is 0 Å². The summed E-state index contributed by atoms with van der Waals surface area (Å²) in [4.78, 5) is 11.9. The summed E-state index contributed by atoms with van der Waals surface area (Å²) in [5, 5.41) is 18.4. The molecule has 0 bridgehead atoms. The predicted octanol–water partition coefficient (Wildman–Crippen LogP) is -2.16. The number of aromatic nitrogens is 2. The van der Waals surface area contributed by atoms with Crippen LogP contribution in [0.3, 0.4) is 0 Å². The average molecular weight is 260 g/mol. The zero-order valence-corrected chi connectivity index (χ0v) is 9.73. The Labute approximate surface area is 102 Å². The summed E-state index contributed by atoms with van der Waals surface area (Å²) in [6, 6.07) is 1.43. The third-order valence-corrected chi connectivity index (χ3v) is 3.05. The molecular formula is C10H15FN3O4+. The van der Waals surface area contributed by atoms with E-state index in [9.17, 15) is 14.3 Å². The Kier molecular flexibility index (Phi) is 3.33. The number of alkyl halides is 1. The first-order valence-corrected chi connectivity index (χ1v) is 5.42. The van der Waals surface area contributed by atoms with Gasteiger partial charge in [0, 0.05) is 6.07 Å². The van der Waals surface area contributed by atoms with Gasteiger partial charge in [-0.3, -0.25) is 0 Å². The molecule has 1 unspecified atom stereocenters. The molecule has 1 aliphatic rings. The summed E-state index contributed by atoms with van der Waals surface area (Å²) in [5.74, 6) is 0.226. The van der Waals surface area contributed by atoms with Crippen LogP contribution in [0.4, 0.5) is 10.2 Å². The van der Waals surface area contributed by atoms with Gasteiger partial charge in [-0.05, 0) is 0 Å². The van der Waals surface area contributed by atoms with Gasteiger partial charge in [-0.25, -0.2) is 4.39 Å². The highest BCUT2D eigenvalue weighted by molar-refractivity contribution is 5.24. The van der Waals surface area contributed by atoms with Gasteiger partial charge >= 0.3 is 5.69 Å². The van der Waals surface area contributed by atoms with E-state index in [1.54, 1.807) is 0 Å². The molecule has 100 valence electrons. The van der Waals surface area contributed by atoms with Gasteiger partial charge in [0.05, 0.1) is 13.7 Å². The first kappa shape index (κ1) is 12.9. The second-order valence-electron chi connectivity index (χ2n) is 4.17. The minimum atomic E-state index is -1.79. The molecular weight excluding hydrogens is 245 g/mol. The van der Waals surface area contributed by atoms with E-state index in [0.717, 1.165) is 9.13 Å². The fourth-order valence-electron chi connectivity index (χ4n) is 1.89. The van der Waals surface area contributed by atoms with Crippen molar-refractivity contribution in [3.8, 4) is 0 Å². The monoisotopic (exact) mass is 260 g/mol. The van der Waals surface area contributed by atoms with Crippen molar-refractivity contribution in [3.63, 3.8) is 0 Å². The van der Waals surface area contributed by atoms with E-state index >= 15 is 0 Å². The lowest BCUT2D eigenvalue weighted by atomic mass is 10.1. The van der Waals surface area contributed by atoms with Gasteiger partial charge in [-0.1, -0.05) is 0 Å². The summed E-state index contributed by atoms with van der Waals surface area (Å²) in [6.45, 7) is -0.520. The number of hydrogen-bond acceptors (Lipinski definition) is 5. The summed E-state index contributed by atoms with van der Waals surface area (Å²) in [6.07, 6.45) is -4.27. The SMILES string of the molecule is Cn1c(N)cc[n+]([C@@H]2O[C@H](CO)C(O)[C@@H]2F)c1=O. The molecule has 0 radical (unpaired) electrons. The van der Waals surface area contributed by atoms with Crippen LogP contribution in [-0.2, 0) is 11.8 Å². The van der Waals surface area contributed by atoms with Crippen molar-refractivity contribution in [3.05, 3.63) is 22.7 Å². The lowest BCUT2D eigenvalue weighted by molar-refractivity contribution is -0.779. The van der Waals surface area contributed by atoms with E-state index in [4.69, 9.17) is 15.6 Å². The number of nitrogens with zero attached hydrogens (tertiary/aromatic N) is 2. The van der Waals surface area contributed by atoms with Crippen LogP contribution in [0.2, 0.25) is 0 Å². The normalized spacial score (nSPS) is 31.8. The highest BCUT2D eigenvalue weighted by Crippen LogP contribution is 2.27. The number of hydrogen-bond donors (Lipinski definition) is 3. The molecule has 1 aromatic rings. The molecule has 1 aliphatic heterocycles. The van der Waals surface area contributed by atoms with E-state index in [1.807, 2.05) is 0 Å². The molecule has 18 heavy (non-hydrogen) atoms. The van der Waals surface area contributed by atoms with E-state index in [1.165, 1.54) is 19.3 Å². The first-order chi connectivity index (χ1) is 8.47. The summed E-state index contributed by atoms with van der Waals surface area (Å²) in [7, 11) is 1.44. The van der Waals surface area contributed by atoms with Crippen molar-refractivity contribution in [2.45, 2.75) is 24.6 Å². The lowest BCUT2D eigenvalue weighted by Gasteiger charge is -2.11. The Balaban J connectivity index is 2.39. The molecule has 7 nitrogen and oxygen atoms in total. The molecule has 0 amide bonds. The Morgan fingerprint density at radius 1 is 1.67 bits per heavy atom. The third-order valence-electron chi connectivity index (χ3n) is 3.05. The van der Waals surface area contributed by atoms with Crippen LogP contribution >= 0.6 is 0 Å². The Bertz CT molecular complexity index is 506. The van der Waals surface area contributed by atoms with Gasteiger partial charge < -0.3 is 20.7 Å². The number of aliphatic hydroxyl groups excluding tert-OH is 2. The Morgan fingerprint density at radius 3 is 2.89 bits per heavy atom. The molecule has 1 saturated heterocycles. The zero-order valence-electron chi connectivity index (χ0n) is 9.73. The number of ether oxygens (including phenoxy) is 1. The minimum absolute atomic E-state index is 0.226. The molecule has 4 atom stereocenters. The fourth-order valence-corrected chi connectivity index (χ4v) is 1.89. The van der Waals surface area contributed by atoms with Gasteiger partial charge in [-0.2, -0.15) is 13.9 Å². The summed E-state index contributed by atoms with van der Waals surface area (Å²) in [5.41, 5.74) is 4.97. The third kappa shape index (κ3) is 1.88. The van der Waals surface area contributed by atoms with Crippen molar-refractivity contribution in [2.24, 2.45) is 7.05 Å². The number of nitrogen functional groups attached to an aromatic ring is 1. The average Bonchev–Trinajstić information content (AvgIpc) is 2.64. The van der Waals surface area contributed by atoms with Crippen molar-refractivity contribution >= 4 is 5.82 Å². The molecule has 0 aromatic carbocycles. The number of anilines is 1. The largest absolute Gasteiger partial charge is 0.501 e. The maximum atomic E-state index is 13.8. The van der Waals surface area contributed by atoms with E-state index in [-0.39, 0.29) is 5.82 Å². The Morgan fingerprint density at radius 2 is 2.33 bits per heavy atom. The highest BCUT2D eigenvalue weighted by Gasteiger charge is 2.48. The fraction of sp³-hybridized carbons (Fsp3) is 0.600. The number of rotatable bonds is 2. The smallest absolute Gasteiger partial charge is 0.394 e. The van der Waals surface area contributed by atoms with Crippen molar-refractivity contribution < 1.29 is 23.9 Å².